The van der Waals surface area contributed by atoms with Crippen LogP contribution in [0.25, 0.3) is 0 Å². The molecule has 1 atom stereocenters. The number of aliphatic carboxylic acids is 1. The average Bonchev–Trinajstić information content (AvgIpc) is 2.42. The number of nitrogens with two attached hydrogens (primary N) is 1. The molecule has 0 radical (unpaired) electrons. The molecule has 6 N–H and O–H groups in total. The maximum atomic E-state index is 11.8. The molecule has 0 saturated heterocycles. The number of nitrogens with one attached hydrogen (secondary N) is 1. The van der Waals surface area contributed by atoms with Crippen LogP contribution in [0.4, 0.5) is 5.69 Å². The van der Waals surface area contributed by atoms with E-state index < -0.39 is 17.9 Å². The lowest BCUT2D eigenvalue weighted by Crippen LogP contribution is -2.93. The number of carboxylic acids is 1. The van der Waals surface area contributed by atoms with Crippen LogP contribution < -0.4 is 21.5 Å². The van der Waals surface area contributed by atoms with Crippen LogP contribution in [-0.2, 0) is 9.59 Å². The van der Waals surface area contributed by atoms with E-state index in [0.29, 0.717) is 28.8 Å². The number of carbonyl (C=O) groups excluding carboxylic acids is 2. The fourth-order valence-corrected chi connectivity index (χ4v) is 2.01. The Morgan fingerprint density at radius 2 is 2.05 bits per heavy atom. The molecule has 0 bridgehead atoms. The summed E-state index contributed by atoms with van der Waals surface area (Å²) in [6, 6.07) is 3.73. The number of halogens is 2. The van der Waals surface area contributed by atoms with Gasteiger partial charge in [0.15, 0.2) is 0 Å². The van der Waals surface area contributed by atoms with Gasteiger partial charge in [-0.25, -0.2) is 0 Å². The number of quaternary nitrogens is 2. The van der Waals surface area contributed by atoms with E-state index >= 15 is 0 Å². The Bertz CT molecular complexity index is 511. The molecule has 0 unspecified atom stereocenters. The van der Waals surface area contributed by atoms with Crippen molar-refractivity contribution in [2.24, 2.45) is 0 Å². The van der Waals surface area contributed by atoms with Gasteiger partial charge in [0.1, 0.15) is 6.04 Å². The fraction of sp³-hybridized carbons (Fsp3) is 0.385. The third kappa shape index (κ3) is 6.31. The van der Waals surface area contributed by atoms with E-state index in [1.165, 1.54) is 6.07 Å². The zero-order valence-electron chi connectivity index (χ0n) is 11.4. The van der Waals surface area contributed by atoms with E-state index in [2.05, 4.69) is 11.1 Å². The molecule has 0 heterocycles. The fourth-order valence-electron chi connectivity index (χ4n) is 1.71. The molecule has 1 aromatic carbocycles. The lowest BCUT2D eigenvalue weighted by atomic mass is 10.2. The van der Waals surface area contributed by atoms with E-state index in [4.69, 9.17) is 23.2 Å². The lowest BCUT2D eigenvalue weighted by Gasteiger charge is -2.16. The lowest BCUT2D eigenvalue weighted by molar-refractivity contribution is -0.684. The number of amides is 1. The smallest absolute Gasteiger partial charge is 0.230 e. The minimum atomic E-state index is -1.26. The quantitative estimate of drug-likeness (QED) is 0.510. The van der Waals surface area contributed by atoms with Crippen LogP contribution in [0.5, 0.6) is 0 Å². The molecule has 1 aromatic rings. The first-order valence-corrected chi connectivity index (χ1v) is 7.28. The summed E-state index contributed by atoms with van der Waals surface area (Å²) < 4.78 is 0. The van der Waals surface area contributed by atoms with Gasteiger partial charge in [0.05, 0.1) is 35.5 Å². The van der Waals surface area contributed by atoms with Gasteiger partial charge in [-0.2, -0.15) is 0 Å². The minimum Gasteiger partial charge on any atom is -0.544 e. The van der Waals surface area contributed by atoms with Crippen LogP contribution in [0.15, 0.2) is 18.2 Å². The second-order valence-electron chi connectivity index (χ2n) is 4.54. The molecule has 1 rings (SSSR count). The molecule has 0 aliphatic carbocycles. The van der Waals surface area contributed by atoms with Crippen LogP contribution in [0.1, 0.15) is 12.8 Å². The summed E-state index contributed by atoms with van der Waals surface area (Å²) in [4.78, 5) is 22.8. The third-order valence-corrected chi connectivity index (χ3v) is 3.56. The predicted octanol–water partition coefficient (Wildman–Crippen LogP) is -1.36. The molecule has 116 valence electrons. The summed E-state index contributed by atoms with van der Waals surface area (Å²) in [5, 5.41) is 15.9. The highest BCUT2D eigenvalue weighted by Crippen LogP contribution is 2.24. The summed E-state index contributed by atoms with van der Waals surface area (Å²) in [7, 11) is 0. The number of hydrogen-bond acceptors (Lipinski definition) is 3. The molecule has 6 nitrogen and oxygen atoms in total. The largest absolute Gasteiger partial charge is 0.544 e. The van der Waals surface area contributed by atoms with Gasteiger partial charge in [-0.05, 0) is 18.2 Å². The molecular formula is C13H18Cl2N3O3+. The van der Waals surface area contributed by atoms with Gasteiger partial charge in [0, 0.05) is 12.1 Å². The maximum Gasteiger partial charge on any atom is 0.230 e. The van der Waals surface area contributed by atoms with E-state index in [0.717, 1.165) is 6.42 Å². The van der Waals surface area contributed by atoms with Crippen LogP contribution in [0.3, 0.4) is 0 Å². The first kappa shape index (κ1) is 17.7. The molecule has 0 fully saturated rings. The number of benzene rings is 1. The Morgan fingerprint density at radius 1 is 1.33 bits per heavy atom. The molecule has 0 aliphatic heterocycles. The molecule has 1 amide bonds. The van der Waals surface area contributed by atoms with Crippen LogP contribution in [0.2, 0.25) is 10.0 Å². The summed E-state index contributed by atoms with van der Waals surface area (Å²) >= 11 is 11.6. The summed E-state index contributed by atoms with van der Waals surface area (Å²) in [5.74, 6) is -1.68. The molecule has 8 heteroatoms. The topological polar surface area (TPSA) is 113 Å². The standard InChI is InChI=1S/C13H17Cl2N3O3/c14-9-3-2-8(6-10(9)15)18-12(19)7-11(13(20)21)17-5-1-4-16/h2-3,6,11,17H,1,4-5,7,16H2,(H,18,19)(H,20,21)/p+1/t11-/m1/s1. The van der Waals surface area contributed by atoms with E-state index in [1.807, 2.05) is 0 Å². The van der Waals surface area contributed by atoms with Crippen molar-refractivity contribution in [3.63, 3.8) is 0 Å². The van der Waals surface area contributed by atoms with E-state index in [-0.39, 0.29) is 6.42 Å². The SMILES string of the molecule is [NH3+]CCC[NH2+][C@H](CC(=O)Nc1ccc(Cl)c(Cl)c1)C(=O)[O-]. The molecule has 0 spiro atoms. The van der Waals surface area contributed by atoms with Gasteiger partial charge in [-0.15, -0.1) is 0 Å². The normalized spacial score (nSPS) is 12.0. The van der Waals surface area contributed by atoms with Crippen molar-refractivity contribution >= 4 is 40.8 Å². The van der Waals surface area contributed by atoms with Crippen molar-refractivity contribution in [2.45, 2.75) is 18.9 Å². The minimum absolute atomic E-state index is 0.181. The highest BCUT2D eigenvalue weighted by molar-refractivity contribution is 6.42. The first-order valence-electron chi connectivity index (χ1n) is 6.52. The van der Waals surface area contributed by atoms with Crippen molar-refractivity contribution in [3.05, 3.63) is 28.2 Å². The number of anilines is 1. The van der Waals surface area contributed by atoms with Crippen molar-refractivity contribution < 1.29 is 25.7 Å². The predicted molar refractivity (Wildman–Crippen MR) is 77.7 cm³/mol. The first-order chi connectivity index (χ1) is 9.93. The Kier molecular flexibility index (Phi) is 7.45. The van der Waals surface area contributed by atoms with Gasteiger partial charge in [0.2, 0.25) is 5.91 Å². The summed E-state index contributed by atoms with van der Waals surface area (Å²) in [6.45, 7) is 1.30. The van der Waals surface area contributed by atoms with Crippen LogP contribution in [0, 0.1) is 0 Å². The highest BCUT2D eigenvalue weighted by atomic mass is 35.5. The van der Waals surface area contributed by atoms with Crippen molar-refractivity contribution in [3.8, 4) is 0 Å². The number of carbonyl (C=O) groups is 2. The van der Waals surface area contributed by atoms with Crippen molar-refractivity contribution in [1.29, 1.82) is 0 Å². The van der Waals surface area contributed by atoms with Gasteiger partial charge in [-0.3, -0.25) is 4.79 Å². The summed E-state index contributed by atoms with van der Waals surface area (Å²) in [5.41, 5.74) is 4.14. The van der Waals surface area contributed by atoms with Crippen molar-refractivity contribution in [1.82, 2.24) is 0 Å². The zero-order chi connectivity index (χ0) is 15.8. The molecule has 21 heavy (non-hydrogen) atoms. The van der Waals surface area contributed by atoms with E-state index in [9.17, 15) is 14.7 Å². The Balaban J connectivity index is 2.56. The highest BCUT2D eigenvalue weighted by Gasteiger charge is 2.18. The van der Waals surface area contributed by atoms with E-state index in [1.54, 1.807) is 17.4 Å². The van der Waals surface area contributed by atoms with Gasteiger partial charge in [0.25, 0.3) is 0 Å². The Morgan fingerprint density at radius 3 is 2.62 bits per heavy atom. The van der Waals surface area contributed by atoms with Gasteiger partial charge >= 0.3 is 0 Å². The summed E-state index contributed by atoms with van der Waals surface area (Å²) in [6.07, 6.45) is 0.595. The second kappa shape index (κ2) is 8.84. The molecule has 0 aromatic heterocycles. The number of carboxylic acid groups (broad SMARTS) is 1. The Hall–Kier alpha value is -1.34. The van der Waals surface area contributed by atoms with Crippen LogP contribution >= 0.6 is 23.2 Å². The molecular weight excluding hydrogens is 317 g/mol. The Labute approximate surface area is 132 Å². The molecule has 0 aliphatic rings. The van der Waals surface area contributed by atoms with Gasteiger partial charge in [-0.1, -0.05) is 23.2 Å². The van der Waals surface area contributed by atoms with Gasteiger partial charge < -0.3 is 26.3 Å². The average molecular weight is 335 g/mol. The van der Waals surface area contributed by atoms with Crippen LogP contribution in [-0.4, -0.2) is 31.0 Å². The number of rotatable bonds is 8. The number of hydrogen-bond donors (Lipinski definition) is 3. The molecule has 0 saturated carbocycles. The monoisotopic (exact) mass is 334 g/mol. The second-order valence-corrected chi connectivity index (χ2v) is 5.35. The third-order valence-electron chi connectivity index (χ3n) is 2.82. The zero-order valence-corrected chi connectivity index (χ0v) is 12.9. The van der Waals surface area contributed by atoms with Crippen molar-refractivity contribution in [2.75, 3.05) is 18.4 Å². The maximum absolute atomic E-state index is 11.8.